The first kappa shape index (κ1) is 14.6. The van der Waals surface area contributed by atoms with Gasteiger partial charge in [-0.2, -0.15) is 0 Å². The molecule has 1 fully saturated rings. The van der Waals surface area contributed by atoms with Gasteiger partial charge in [-0.05, 0) is 25.5 Å². The van der Waals surface area contributed by atoms with Crippen molar-refractivity contribution in [2.75, 3.05) is 13.2 Å². The largest absolute Gasteiger partial charge is 0.489 e. The Kier molecular flexibility index (Phi) is 5.62. The van der Waals surface area contributed by atoms with Crippen molar-refractivity contribution in [3.05, 3.63) is 42.5 Å². The number of carbonyl (C=O) groups is 1. The summed E-state index contributed by atoms with van der Waals surface area (Å²) in [6, 6.07) is 7.69. The Morgan fingerprint density at radius 3 is 3.05 bits per heavy atom. The van der Waals surface area contributed by atoms with E-state index in [0.717, 1.165) is 37.1 Å². The fourth-order valence-electron chi connectivity index (χ4n) is 2.32. The second kappa shape index (κ2) is 7.70. The van der Waals surface area contributed by atoms with Crippen molar-refractivity contribution in [2.45, 2.75) is 31.8 Å². The zero-order valence-electron chi connectivity index (χ0n) is 11.7. The van der Waals surface area contributed by atoms with E-state index in [1.54, 1.807) is 6.08 Å². The van der Waals surface area contributed by atoms with Gasteiger partial charge in [0.2, 0.25) is 5.91 Å². The van der Waals surface area contributed by atoms with Gasteiger partial charge in [0.15, 0.2) is 0 Å². The molecule has 1 aromatic rings. The summed E-state index contributed by atoms with van der Waals surface area (Å²) in [5.41, 5.74) is 0.985. The summed E-state index contributed by atoms with van der Waals surface area (Å²) in [5, 5.41) is 6.23. The van der Waals surface area contributed by atoms with Crippen LogP contribution in [0.5, 0.6) is 5.75 Å². The van der Waals surface area contributed by atoms with Crippen LogP contribution in [-0.4, -0.2) is 25.1 Å². The minimum Gasteiger partial charge on any atom is -0.489 e. The van der Waals surface area contributed by atoms with Gasteiger partial charge >= 0.3 is 0 Å². The summed E-state index contributed by atoms with van der Waals surface area (Å²) in [5.74, 6) is 0.868. The molecule has 0 aliphatic carbocycles. The number of hydrogen-bond acceptors (Lipinski definition) is 3. The van der Waals surface area contributed by atoms with Gasteiger partial charge in [-0.3, -0.25) is 4.79 Å². The van der Waals surface area contributed by atoms with Gasteiger partial charge in [-0.1, -0.05) is 37.3 Å². The van der Waals surface area contributed by atoms with Crippen molar-refractivity contribution in [3.8, 4) is 5.75 Å². The average molecular weight is 274 g/mol. The van der Waals surface area contributed by atoms with Gasteiger partial charge in [0.05, 0.1) is 6.04 Å². The van der Waals surface area contributed by atoms with E-state index in [-0.39, 0.29) is 11.9 Å². The molecule has 1 atom stereocenters. The molecule has 1 aliphatic rings. The zero-order chi connectivity index (χ0) is 14.2. The Labute approximate surface area is 120 Å². The third-order valence-corrected chi connectivity index (χ3v) is 3.41. The molecule has 4 nitrogen and oxygen atoms in total. The minimum absolute atomic E-state index is 0.0509. The zero-order valence-corrected chi connectivity index (χ0v) is 11.7. The number of carbonyl (C=O) groups excluding carboxylic acids is 1. The number of ether oxygens (including phenoxy) is 1. The van der Waals surface area contributed by atoms with Gasteiger partial charge in [0.25, 0.3) is 0 Å². The van der Waals surface area contributed by atoms with Crippen LogP contribution in [0, 0.1) is 0 Å². The number of nitrogens with one attached hydrogen (secondary N) is 2. The van der Waals surface area contributed by atoms with Crippen LogP contribution in [0.2, 0.25) is 0 Å². The molecule has 1 aliphatic heterocycles. The highest BCUT2D eigenvalue weighted by molar-refractivity contribution is 5.81. The van der Waals surface area contributed by atoms with Crippen molar-refractivity contribution in [1.82, 2.24) is 10.6 Å². The van der Waals surface area contributed by atoms with E-state index in [0.29, 0.717) is 13.2 Å². The van der Waals surface area contributed by atoms with Crippen molar-refractivity contribution in [2.24, 2.45) is 0 Å². The molecule has 1 heterocycles. The standard InChI is InChI=1S/C16H22N2O2/c1-2-11-20-15-9-4-3-7-13(15)12-18-16(19)14-8-5-6-10-17-14/h2-4,7,9,14,17H,1,5-6,8,10-12H2,(H,18,19). The van der Waals surface area contributed by atoms with Crippen molar-refractivity contribution in [1.29, 1.82) is 0 Å². The Bertz CT molecular complexity index is 454. The molecule has 1 unspecified atom stereocenters. The summed E-state index contributed by atoms with van der Waals surface area (Å²) < 4.78 is 5.58. The molecule has 1 saturated heterocycles. The fourth-order valence-corrected chi connectivity index (χ4v) is 2.32. The number of hydrogen-bond donors (Lipinski definition) is 2. The molecule has 0 saturated carbocycles. The van der Waals surface area contributed by atoms with E-state index < -0.39 is 0 Å². The van der Waals surface area contributed by atoms with Crippen LogP contribution in [0.4, 0.5) is 0 Å². The maximum absolute atomic E-state index is 12.1. The molecule has 0 radical (unpaired) electrons. The molecular formula is C16H22N2O2. The predicted molar refractivity (Wildman–Crippen MR) is 79.6 cm³/mol. The molecule has 108 valence electrons. The lowest BCUT2D eigenvalue weighted by molar-refractivity contribution is -0.123. The second-order valence-corrected chi connectivity index (χ2v) is 4.93. The third-order valence-electron chi connectivity index (χ3n) is 3.41. The quantitative estimate of drug-likeness (QED) is 0.780. The molecule has 0 bridgehead atoms. The summed E-state index contributed by atoms with van der Waals surface area (Å²) in [6.45, 7) is 5.52. The van der Waals surface area contributed by atoms with E-state index in [9.17, 15) is 4.79 Å². The van der Waals surface area contributed by atoms with E-state index in [2.05, 4.69) is 17.2 Å². The molecular weight excluding hydrogens is 252 g/mol. The highest BCUT2D eigenvalue weighted by Gasteiger charge is 2.20. The van der Waals surface area contributed by atoms with Gasteiger partial charge in [-0.15, -0.1) is 0 Å². The molecule has 4 heteroatoms. The Morgan fingerprint density at radius 2 is 2.30 bits per heavy atom. The van der Waals surface area contributed by atoms with Crippen LogP contribution in [-0.2, 0) is 11.3 Å². The summed E-state index contributed by atoms with van der Waals surface area (Å²) >= 11 is 0. The molecule has 2 rings (SSSR count). The van der Waals surface area contributed by atoms with Crippen LogP contribution >= 0.6 is 0 Å². The first-order valence-corrected chi connectivity index (χ1v) is 7.14. The van der Waals surface area contributed by atoms with Crippen LogP contribution in [0.1, 0.15) is 24.8 Å². The monoisotopic (exact) mass is 274 g/mol. The van der Waals surface area contributed by atoms with Crippen LogP contribution in [0.3, 0.4) is 0 Å². The minimum atomic E-state index is -0.0509. The highest BCUT2D eigenvalue weighted by atomic mass is 16.5. The molecule has 1 amide bonds. The topological polar surface area (TPSA) is 50.4 Å². The maximum Gasteiger partial charge on any atom is 0.237 e. The molecule has 0 aromatic heterocycles. The Morgan fingerprint density at radius 1 is 1.45 bits per heavy atom. The maximum atomic E-state index is 12.1. The van der Waals surface area contributed by atoms with E-state index in [1.165, 1.54) is 0 Å². The van der Waals surface area contributed by atoms with Gasteiger partial charge < -0.3 is 15.4 Å². The normalized spacial score (nSPS) is 18.3. The van der Waals surface area contributed by atoms with E-state index in [4.69, 9.17) is 4.74 Å². The predicted octanol–water partition coefficient (Wildman–Crippen LogP) is 2.01. The Balaban J connectivity index is 1.89. The van der Waals surface area contributed by atoms with Crippen molar-refractivity contribution >= 4 is 5.91 Å². The van der Waals surface area contributed by atoms with E-state index >= 15 is 0 Å². The summed E-state index contributed by atoms with van der Waals surface area (Å²) in [7, 11) is 0. The summed E-state index contributed by atoms with van der Waals surface area (Å²) in [4.78, 5) is 12.1. The van der Waals surface area contributed by atoms with E-state index in [1.807, 2.05) is 24.3 Å². The molecule has 1 aromatic carbocycles. The average Bonchev–Trinajstić information content (AvgIpc) is 2.52. The van der Waals surface area contributed by atoms with Gasteiger partial charge in [0, 0.05) is 12.1 Å². The Hall–Kier alpha value is -1.81. The highest BCUT2D eigenvalue weighted by Crippen LogP contribution is 2.18. The third kappa shape index (κ3) is 4.10. The van der Waals surface area contributed by atoms with Crippen LogP contribution < -0.4 is 15.4 Å². The van der Waals surface area contributed by atoms with Crippen molar-refractivity contribution < 1.29 is 9.53 Å². The smallest absolute Gasteiger partial charge is 0.237 e. The number of piperidine rings is 1. The lowest BCUT2D eigenvalue weighted by atomic mass is 10.0. The van der Waals surface area contributed by atoms with Crippen LogP contribution in [0.15, 0.2) is 36.9 Å². The first-order valence-electron chi connectivity index (χ1n) is 7.14. The number of para-hydroxylation sites is 1. The first-order chi connectivity index (χ1) is 9.81. The SMILES string of the molecule is C=CCOc1ccccc1CNC(=O)C1CCCCN1. The number of benzene rings is 1. The molecule has 0 spiro atoms. The number of rotatable bonds is 6. The lowest BCUT2D eigenvalue weighted by Gasteiger charge is -2.22. The molecule has 2 N–H and O–H groups in total. The van der Waals surface area contributed by atoms with Crippen molar-refractivity contribution in [3.63, 3.8) is 0 Å². The second-order valence-electron chi connectivity index (χ2n) is 4.93. The number of amides is 1. The van der Waals surface area contributed by atoms with Crippen LogP contribution in [0.25, 0.3) is 0 Å². The summed E-state index contributed by atoms with van der Waals surface area (Å²) in [6.07, 6.45) is 4.90. The molecule has 20 heavy (non-hydrogen) atoms. The van der Waals surface area contributed by atoms with Gasteiger partial charge in [0.1, 0.15) is 12.4 Å². The lowest BCUT2D eigenvalue weighted by Crippen LogP contribution is -2.46. The van der Waals surface area contributed by atoms with Gasteiger partial charge in [-0.25, -0.2) is 0 Å². The fraction of sp³-hybridized carbons (Fsp3) is 0.438.